The molecule has 168 valence electrons. The third-order valence-electron chi connectivity index (χ3n) is 3.91. The fourth-order valence-corrected chi connectivity index (χ4v) is 5.78. The third-order valence-corrected chi connectivity index (χ3v) is 7.71. The molecule has 6 unspecified atom stereocenters. The number of aliphatic hydroxyl groups is 2. The van der Waals surface area contributed by atoms with Gasteiger partial charge < -0.3 is 39.1 Å². The van der Waals surface area contributed by atoms with Crippen molar-refractivity contribution >= 4 is 34.5 Å². The summed E-state index contributed by atoms with van der Waals surface area (Å²) in [5.74, 6) is 0. The van der Waals surface area contributed by atoms with E-state index >= 15 is 0 Å². The van der Waals surface area contributed by atoms with Crippen LogP contribution in [-0.4, -0.2) is 64.3 Å². The van der Waals surface area contributed by atoms with Crippen LogP contribution in [0, 0.1) is 0 Å². The normalized spacial score (nSPS) is 29.0. The summed E-state index contributed by atoms with van der Waals surface area (Å²) in [5, 5.41) is 20.4. The number of fused-ring (bicyclic) bond motifs is 1. The van der Waals surface area contributed by atoms with E-state index in [0.29, 0.717) is 11.0 Å². The topological polar surface area (TPSA) is 227 Å². The first-order valence-corrected chi connectivity index (χ1v) is 12.5. The van der Waals surface area contributed by atoms with Crippen molar-refractivity contribution < 1.29 is 61.4 Å². The van der Waals surface area contributed by atoms with E-state index in [1.165, 1.54) is 10.9 Å². The molecule has 0 aliphatic carbocycles. The van der Waals surface area contributed by atoms with Crippen LogP contribution in [0.1, 0.15) is 6.23 Å². The minimum atomic E-state index is -5.67. The van der Waals surface area contributed by atoms with E-state index in [1.54, 1.807) is 24.3 Å². The van der Waals surface area contributed by atoms with E-state index in [0.717, 1.165) is 0 Å². The van der Waals surface area contributed by atoms with Crippen molar-refractivity contribution in [3.63, 3.8) is 0 Å². The fourth-order valence-electron chi connectivity index (χ4n) is 2.75. The van der Waals surface area contributed by atoms with Gasteiger partial charge in [0.1, 0.15) is 18.3 Å². The zero-order valence-electron chi connectivity index (χ0n) is 14.7. The van der Waals surface area contributed by atoms with Crippen LogP contribution < -0.4 is 0 Å². The number of aromatic nitrogens is 2. The SMILES string of the molecule is O=P(O)(O)OP(=O)(O)OP(=O)(O)OCC1OC(n2cnc3ccccc32)C(O)C1O. The number of imidazole rings is 1. The number of nitrogens with zero attached hydrogens (tertiary/aromatic N) is 2. The van der Waals surface area contributed by atoms with E-state index in [9.17, 15) is 28.8 Å². The lowest BCUT2D eigenvalue weighted by atomic mass is 10.1. The summed E-state index contributed by atoms with van der Waals surface area (Å²) in [5.41, 5.74) is 1.15. The van der Waals surface area contributed by atoms with Crippen LogP contribution in [0.5, 0.6) is 0 Å². The Labute approximate surface area is 167 Å². The van der Waals surface area contributed by atoms with Crippen molar-refractivity contribution in [2.24, 2.45) is 0 Å². The minimum absolute atomic E-state index is 0.572. The number of ether oxygens (including phenoxy) is 1. The molecule has 1 aliphatic heterocycles. The highest BCUT2D eigenvalue weighted by atomic mass is 31.3. The Morgan fingerprint density at radius 1 is 1.00 bits per heavy atom. The molecule has 0 amide bonds. The van der Waals surface area contributed by atoms with Crippen molar-refractivity contribution in [2.75, 3.05) is 6.61 Å². The summed E-state index contributed by atoms with van der Waals surface area (Å²) in [6, 6.07) is 6.84. The van der Waals surface area contributed by atoms with Crippen LogP contribution in [0.3, 0.4) is 0 Å². The molecule has 15 nitrogen and oxygen atoms in total. The molecule has 1 aromatic heterocycles. The largest absolute Gasteiger partial charge is 0.490 e. The van der Waals surface area contributed by atoms with Crippen LogP contribution in [0.15, 0.2) is 30.6 Å². The first kappa shape index (κ1) is 23.6. The van der Waals surface area contributed by atoms with Crippen molar-refractivity contribution in [1.82, 2.24) is 9.55 Å². The highest BCUT2D eigenvalue weighted by Gasteiger charge is 2.46. The molecule has 3 rings (SSSR count). The summed E-state index contributed by atoms with van der Waals surface area (Å²) in [6.07, 6.45) is -4.24. The number of rotatable bonds is 8. The van der Waals surface area contributed by atoms with Crippen molar-refractivity contribution in [1.29, 1.82) is 0 Å². The number of phosphoric acid groups is 3. The molecule has 30 heavy (non-hydrogen) atoms. The van der Waals surface area contributed by atoms with Gasteiger partial charge in [-0.15, -0.1) is 0 Å². The van der Waals surface area contributed by atoms with E-state index in [4.69, 9.17) is 19.4 Å². The van der Waals surface area contributed by atoms with Gasteiger partial charge in [-0.25, -0.2) is 18.7 Å². The van der Waals surface area contributed by atoms with Gasteiger partial charge in [-0.3, -0.25) is 4.52 Å². The molecule has 0 spiro atoms. The Balaban J connectivity index is 1.67. The quantitative estimate of drug-likeness (QED) is 0.268. The van der Waals surface area contributed by atoms with Gasteiger partial charge >= 0.3 is 23.5 Å². The Hall–Kier alpha value is -1.02. The Bertz CT molecular complexity index is 1050. The second-order valence-electron chi connectivity index (χ2n) is 6.07. The van der Waals surface area contributed by atoms with Gasteiger partial charge in [0.05, 0.1) is 24.0 Å². The van der Waals surface area contributed by atoms with Crippen LogP contribution in [0.4, 0.5) is 0 Å². The van der Waals surface area contributed by atoms with Gasteiger partial charge in [0.25, 0.3) is 0 Å². The zero-order chi connectivity index (χ0) is 22.3. The molecule has 0 bridgehead atoms. The molecule has 1 aliphatic rings. The van der Waals surface area contributed by atoms with Crippen LogP contribution in [0.25, 0.3) is 11.0 Å². The summed E-state index contributed by atoms with van der Waals surface area (Å²) >= 11 is 0. The molecule has 1 saturated heterocycles. The summed E-state index contributed by atoms with van der Waals surface area (Å²) in [4.78, 5) is 39.7. The van der Waals surface area contributed by atoms with Gasteiger partial charge in [0.2, 0.25) is 0 Å². The van der Waals surface area contributed by atoms with Gasteiger partial charge in [-0.1, -0.05) is 12.1 Å². The Kier molecular flexibility index (Phi) is 6.69. The standard InChI is InChI=1S/C12H17N2O13P3/c15-10-9(5-24-29(20,21)27-30(22,23)26-28(17,18)19)25-12(11(10)16)14-6-13-7-3-1-2-4-8(7)14/h1-4,6,9-12,15-16H,5H2,(H,20,21)(H,22,23)(H2,17,18,19). The number of aliphatic hydroxyl groups excluding tert-OH is 2. The second kappa shape index (κ2) is 8.49. The summed E-state index contributed by atoms with van der Waals surface area (Å²) in [6.45, 7) is -0.898. The predicted octanol–water partition coefficient (Wildman–Crippen LogP) is -0.00120. The van der Waals surface area contributed by atoms with E-state index in [2.05, 4.69) is 18.1 Å². The van der Waals surface area contributed by atoms with Gasteiger partial charge in [-0.2, -0.15) is 8.62 Å². The molecular formula is C12H17N2O13P3. The van der Waals surface area contributed by atoms with Crippen molar-refractivity contribution in [3.8, 4) is 0 Å². The molecule has 0 saturated carbocycles. The first-order chi connectivity index (χ1) is 13.8. The minimum Gasteiger partial charge on any atom is -0.387 e. The maximum atomic E-state index is 11.8. The predicted molar refractivity (Wildman–Crippen MR) is 95.5 cm³/mol. The molecule has 6 atom stereocenters. The van der Waals surface area contributed by atoms with E-state index in [1.807, 2.05) is 0 Å². The smallest absolute Gasteiger partial charge is 0.387 e. The van der Waals surface area contributed by atoms with Crippen LogP contribution >= 0.6 is 23.5 Å². The lowest BCUT2D eigenvalue weighted by Gasteiger charge is -2.19. The average Bonchev–Trinajstić information content (AvgIpc) is 3.12. The molecule has 0 radical (unpaired) electrons. The van der Waals surface area contributed by atoms with Gasteiger partial charge in [-0.05, 0) is 12.1 Å². The van der Waals surface area contributed by atoms with Crippen LogP contribution in [-0.2, 0) is 31.6 Å². The molecule has 6 N–H and O–H groups in total. The Morgan fingerprint density at radius 2 is 1.67 bits per heavy atom. The molecule has 2 aromatic rings. The number of para-hydroxylation sites is 2. The number of benzene rings is 1. The highest BCUT2D eigenvalue weighted by molar-refractivity contribution is 7.66. The van der Waals surface area contributed by atoms with Crippen molar-refractivity contribution in [2.45, 2.75) is 24.5 Å². The lowest BCUT2D eigenvalue weighted by Crippen LogP contribution is -2.33. The fraction of sp³-hybridized carbons (Fsp3) is 0.417. The maximum Gasteiger partial charge on any atom is 0.490 e. The van der Waals surface area contributed by atoms with Crippen LogP contribution in [0.2, 0.25) is 0 Å². The molecule has 1 fully saturated rings. The lowest BCUT2D eigenvalue weighted by molar-refractivity contribution is -0.0501. The maximum absolute atomic E-state index is 11.8. The Morgan fingerprint density at radius 3 is 2.33 bits per heavy atom. The van der Waals surface area contributed by atoms with E-state index in [-0.39, 0.29) is 0 Å². The van der Waals surface area contributed by atoms with E-state index < -0.39 is 54.6 Å². The highest BCUT2D eigenvalue weighted by Crippen LogP contribution is 2.66. The number of phosphoric ester groups is 1. The third kappa shape index (κ3) is 5.61. The number of hydrogen-bond acceptors (Lipinski definition) is 10. The monoisotopic (exact) mass is 490 g/mol. The average molecular weight is 490 g/mol. The first-order valence-electron chi connectivity index (χ1n) is 7.99. The molecular weight excluding hydrogens is 473 g/mol. The summed E-state index contributed by atoms with van der Waals surface area (Å²) < 4.78 is 52.2. The van der Waals surface area contributed by atoms with Gasteiger partial charge in [0.15, 0.2) is 6.23 Å². The molecule has 1 aromatic carbocycles. The molecule has 18 heteroatoms. The van der Waals surface area contributed by atoms with Gasteiger partial charge in [0, 0.05) is 0 Å². The second-order valence-corrected chi connectivity index (χ2v) is 10.5. The zero-order valence-corrected chi connectivity index (χ0v) is 17.4. The van der Waals surface area contributed by atoms with Crippen molar-refractivity contribution in [3.05, 3.63) is 30.6 Å². The number of hydrogen-bond donors (Lipinski definition) is 6. The molecule has 2 heterocycles. The summed E-state index contributed by atoms with van der Waals surface area (Å²) in [7, 11) is -16.6.